The molecular formula is C23H32F2NO12P. The van der Waals surface area contributed by atoms with Gasteiger partial charge < -0.3 is 23.8 Å². The van der Waals surface area contributed by atoms with Crippen molar-refractivity contribution in [3.05, 3.63) is 35.4 Å². The molecule has 1 amide bonds. The molecule has 0 aliphatic carbocycles. The topological polar surface area (TPSA) is 153 Å². The number of hydroxylamine groups is 2. The molecule has 0 bridgehead atoms. The number of hydrogen-bond acceptors (Lipinski definition) is 12. The average molecular weight is 583 g/mol. The Bertz CT molecular complexity index is 1020. The summed E-state index contributed by atoms with van der Waals surface area (Å²) in [6.45, 7) is 5.29. The lowest BCUT2D eigenvalue weighted by Gasteiger charge is -2.27. The first-order chi connectivity index (χ1) is 18.1. The zero-order valence-electron chi connectivity index (χ0n) is 22.3. The summed E-state index contributed by atoms with van der Waals surface area (Å²) in [5.41, 5.74) is -1.62. The van der Waals surface area contributed by atoms with Gasteiger partial charge in [0.25, 0.3) is 5.91 Å². The molecule has 0 spiro atoms. The fourth-order valence-electron chi connectivity index (χ4n) is 2.85. The van der Waals surface area contributed by atoms with Crippen LogP contribution in [-0.2, 0) is 47.0 Å². The number of carbonyl (C=O) groups excluding carboxylic acids is 4. The van der Waals surface area contributed by atoms with Gasteiger partial charge in [-0.3, -0.25) is 23.2 Å². The number of carbonyl (C=O) groups is 4. The minimum absolute atomic E-state index is 0.130. The van der Waals surface area contributed by atoms with Gasteiger partial charge >= 0.3 is 25.9 Å². The molecule has 0 heterocycles. The highest BCUT2D eigenvalue weighted by Gasteiger charge is 2.39. The van der Waals surface area contributed by atoms with Gasteiger partial charge in [-0.05, 0) is 51.8 Å². The van der Waals surface area contributed by atoms with E-state index in [0.29, 0.717) is 11.1 Å². The SMILES string of the molecule is CC(=O)ON(C)C(=O)CCC(c1ccc(F)c(F)c1)P(=O)(OCOC(=O)OC(C)C)OCOC(=O)OC(C)C. The summed E-state index contributed by atoms with van der Waals surface area (Å²) in [6, 6.07) is 2.54. The predicted molar refractivity (Wildman–Crippen MR) is 128 cm³/mol. The quantitative estimate of drug-likeness (QED) is 0.133. The van der Waals surface area contributed by atoms with Crippen molar-refractivity contribution in [3.8, 4) is 0 Å². The molecule has 1 aromatic carbocycles. The molecule has 0 radical (unpaired) electrons. The molecule has 1 aromatic rings. The average Bonchev–Trinajstić information content (AvgIpc) is 2.79. The molecule has 13 nitrogen and oxygen atoms in total. The van der Waals surface area contributed by atoms with E-state index in [1.807, 2.05) is 0 Å². The second kappa shape index (κ2) is 16.0. The lowest BCUT2D eigenvalue weighted by molar-refractivity contribution is -0.190. The van der Waals surface area contributed by atoms with Crippen LogP contribution in [0.4, 0.5) is 18.4 Å². The molecule has 1 unspecified atom stereocenters. The molecule has 0 aliphatic heterocycles. The van der Waals surface area contributed by atoms with E-state index >= 15 is 0 Å². The molecule has 0 aromatic heterocycles. The summed E-state index contributed by atoms with van der Waals surface area (Å²) in [4.78, 5) is 51.7. The van der Waals surface area contributed by atoms with Gasteiger partial charge in [-0.25, -0.2) is 18.4 Å². The van der Waals surface area contributed by atoms with Gasteiger partial charge in [0.15, 0.2) is 11.6 Å². The summed E-state index contributed by atoms with van der Waals surface area (Å²) in [5.74, 6) is -4.05. The number of benzene rings is 1. The Morgan fingerprint density at radius 2 is 1.41 bits per heavy atom. The maximum absolute atomic E-state index is 14.1. The van der Waals surface area contributed by atoms with Crippen LogP contribution in [0.3, 0.4) is 0 Å². The van der Waals surface area contributed by atoms with E-state index in [4.69, 9.17) is 28.0 Å². The summed E-state index contributed by atoms with van der Waals surface area (Å²) in [7, 11) is -3.46. The van der Waals surface area contributed by atoms with Gasteiger partial charge in [0, 0.05) is 20.4 Å². The van der Waals surface area contributed by atoms with E-state index in [1.54, 1.807) is 27.7 Å². The molecule has 16 heteroatoms. The Labute approximate surface area is 224 Å². The van der Waals surface area contributed by atoms with E-state index in [0.717, 1.165) is 26.1 Å². The fraction of sp³-hybridized carbons (Fsp3) is 0.565. The highest BCUT2D eigenvalue weighted by atomic mass is 31.2. The Balaban J connectivity index is 3.27. The Morgan fingerprint density at radius 3 is 1.85 bits per heavy atom. The van der Waals surface area contributed by atoms with Crippen LogP contribution in [0.25, 0.3) is 0 Å². The van der Waals surface area contributed by atoms with Crippen LogP contribution in [0.5, 0.6) is 0 Å². The highest BCUT2D eigenvalue weighted by molar-refractivity contribution is 7.54. The van der Waals surface area contributed by atoms with E-state index in [9.17, 15) is 32.5 Å². The number of ether oxygens (including phenoxy) is 4. The molecule has 1 atom stereocenters. The number of nitrogens with zero attached hydrogens (tertiary/aromatic N) is 1. The summed E-state index contributed by atoms with van der Waals surface area (Å²) in [5, 5.41) is 0.632. The number of halogens is 2. The number of hydrogen-bond donors (Lipinski definition) is 0. The van der Waals surface area contributed by atoms with Gasteiger partial charge in [-0.2, -0.15) is 5.06 Å². The molecular weight excluding hydrogens is 551 g/mol. The van der Waals surface area contributed by atoms with Crippen molar-refractivity contribution in [2.75, 3.05) is 20.6 Å². The summed E-state index contributed by atoms with van der Waals surface area (Å²) in [6.07, 6.45) is -4.27. The Kier molecular flexibility index (Phi) is 13.8. The highest BCUT2D eigenvalue weighted by Crippen LogP contribution is 2.63. The zero-order valence-corrected chi connectivity index (χ0v) is 23.2. The molecule has 0 N–H and O–H groups in total. The van der Waals surface area contributed by atoms with Crippen LogP contribution in [0.1, 0.15) is 58.7 Å². The maximum Gasteiger partial charge on any atom is 0.510 e. The first-order valence-corrected chi connectivity index (χ1v) is 13.2. The van der Waals surface area contributed by atoms with E-state index in [-0.39, 0.29) is 12.0 Å². The summed E-state index contributed by atoms with van der Waals surface area (Å²) >= 11 is 0. The van der Waals surface area contributed by atoms with E-state index < -0.39 is 81.3 Å². The fourth-order valence-corrected chi connectivity index (χ4v) is 4.66. The third kappa shape index (κ3) is 12.4. The molecule has 220 valence electrons. The zero-order chi connectivity index (χ0) is 29.8. The maximum atomic E-state index is 14.1. The van der Waals surface area contributed by atoms with Gasteiger partial charge in [0.1, 0.15) is 0 Å². The molecule has 0 saturated heterocycles. The second-order valence-electron chi connectivity index (χ2n) is 8.36. The van der Waals surface area contributed by atoms with Crippen LogP contribution < -0.4 is 0 Å². The lowest BCUT2D eigenvalue weighted by Crippen LogP contribution is -2.29. The van der Waals surface area contributed by atoms with Crippen molar-refractivity contribution in [3.63, 3.8) is 0 Å². The van der Waals surface area contributed by atoms with Crippen LogP contribution in [-0.4, -0.2) is 62.1 Å². The standard InChI is InChI=1S/C23H32F2NO12P/c1-14(2)36-22(29)32-12-34-39(31,35-13-33-23(30)37-15(3)4)20(17-7-8-18(24)19(25)11-17)9-10-21(28)26(6)38-16(5)27/h7-8,11,14-15,20H,9-10,12-13H2,1-6H3. The number of amides is 1. The molecule has 0 fully saturated rings. The van der Waals surface area contributed by atoms with Gasteiger partial charge in [-0.1, -0.05) is 6.07 Å². The Morgan fingerprint density at radius 1 is 0.897 bits per heavy atom. The van der Waals surface area contributed by atoms with Gasteiger partial charge in [-0.15, -0.1) is 0 Å². The van der Waals surface area contributed by atoms with Crippen LogP contribution in [0, 0.1) is 11.6 Å². The van der Waals surface area contributed by atoms with Crippen LogP contribution >= 0.6 is 7.60 Å². The minimum Gasteiger partial charge on any atom is -0.432 e. The van der Waals surface area contributed by atoms with Crippen molar-refractivity contribution in [1.29, 1.82) is 0 Å². The van der Waals surface area contributed by atoms with Gasteiger partial charge in [0.2, 0.25) is 13.6 Å². The third-order valence-corrected chi connectivity index (χ3v) is 6.69. The summed E-state index contributed by atoms with van der Waals surface area (Å²) < 4.78 is 71.2. The smallest absolute Gasteiger partial charge is 0.432 e. The van der Waals surface area contributed by atoms with Gasteiger partial charge in [0.05, 0.1) is 17.9 Å². The molecule has 0 aliphatic rings. The molecule has 39 heavy (non-hydrogen) atoms. The van der Waals surface area contributed by atoms with E-state index in [1.165, 1.54) is 0 Å². The monoisotopic (exact) mass is 583 g/mol. The van der Waals surface area contributed by atoms with Crippen molar-refractivity contribution < 1.29 is 65.4 Å². The molecule has 0 saturated carbocycles. The third-order valence-electron chi connectivity index (χ3n) is 4.44. The normalized spacial score (nSPS) is 12.1. The van der Waals surface area contributed by atoms with Crippen LogP contribution in [0.2, 0.25) is 0 Å². The largest absolute Gasteiger partial charge is 0.510 e. The minimum atomic E-state index is -4.61. The van der Waals surface area contributed by atoms with Crippen molar-refractivity contribution in [2.24, 2.45) is 0 Å². The van der Waals surface area contributed by atoms with Crippen molar-refractivity contribution in [2.45, 2.75) is 65.3 Å². The molecule has 1 rings (SSSR count). The first kappa shape index (κ1) is 33.7. The van der Waals surface area contributed by atoms with Crippen molar-refractivity contribution in [1.82, 2.24) is 5.06 Å². The van der Waals surface area contributed by atoms with Crippen molar-refractivity contribution >= 4 is 31.8 Å². The first-order valence-electron chi connectivity index (χ1n) is 11.6. The Hall–Kier alpha value is -3.29. The lowest BCUT2D eigenvalue weighted by atomic mass is 10.1. The van der Waals surface area contributed by atoms with Crippen LogP contribution in [0.15, 0.2) is 18.2 Å². The van der Waals surface area contributed by atoms with E-state index in [2.05, 4.69) is 4.84 Å². The second-order valence-corrected chi connectivity index (χ2v) is 10.6. The predicted octanol–water partition coefficient (Wildman–Crippen LogP) is 4.99. The number of rotatable bonds is 13.